The van der Waals surface area contributed by atoms with Gasteiger partial charge in [0.2, 0.25) is 0 Å². The van der Waals surface area contributed by atoms with Crippen molar-refractivity contribution >= 4 is 12.1 Å². The lowest BCUT2D eigenvalue weighted by Gasteiger charge is -2.11. The lowest BCUT2D eigenvalue weighted by atomic mass is 10.3. The summed E-state index contributed by atoms with van der Waals surface area (Å²) in [7, 11) is 0. The molecule has 0 rings (SSSR count). The Kier molecular flexibility index (Phi) is 6.47. The predicted octanol–water partition coefficient (Wildman–Crippen LogP) is -0.0754. The largest absolute Gasteiger partial charge is 0.480 e. The Hall–Kier alpha value is -1.30. The molecule has 14 heavy (non-hydrogen) atoms. The highest BCUT2D eigenvalue weighted by atomic mass is 16.5. The van der Waals surface area contributed by atoms with Crippen LogP contribution in [0.2, 0.25) is 0 Å². The predicted molar refractivity (Wildman–Crippen MR) is 49.9 cm³/mol. The molecule has 6 nitrogen and oxygen atoms in total. The summed E-state index contributed by atoms with van der Waals surface area (Å²) in [4.78, 5) is 21.4. The van der Waals surface area contributed by atoms with Gasteiger partial charge in [0.1, 0.15) is 6.04 Å². The van der Waals surface area contributed by atoms with Crippen molar-refractivity contribution in [2.24, 2.45) is 5.73 Å². The van der Waals surface area contributed by atoms with E-state index in [1.165, 1.54) is 0 Å². The number of hydrogen-bond donors (Lipinski definition) is 3. The summed E-state index contributed by atoms with van der Waals surface area (Å²) in [6.07, 6.45) is 0.927. The van der Waals surface area contributed by atoms with Crippen LogP contribution < -0.4 is 11.1 Å². The van der Waals surface area contributed by atoms with Crippen molar-refractivity contribution in [1.29, 1.82) is 0 Å². The molecule has 1 atom stereocenters. The van der Waals surface area contributed by atoms with Crippen LogP contribution in [0, 0.1) is 0 Å². The number of carbonyl (C=O) groups is 2. The van der Waals surface area contributed by atoms with Gasteiger partial charge < -0.3 is 20.9 Å². The second-order valence-electron chi connectivity index (χ2n) is 2.76. The smallest absolute Gasteiger partial charge is 0.407 e. The minimum atomic E-state index is -1.17. The molecule has 0 spiro atoms. The number of hydrogen-bond acceptors (Lipinski definition) is 4. The first-order chi connectivity index (χ1) is 6.61. The molecule has 0 aliphatic carbocycles. The van der Waals surface area contributed by atoms with E-state index in [1.54, 1.807) is 0 Å². The maximum absolute atomic E-state index is 10.9. The number of carbonyl (C=O) groups excluding carboxylic acids is 1. The molecule has 0 aromatic carbocycles. The van der Waals surface area contributed by atoms with Gasteiger partial charge in [0, 0.05) is 6.54 Å². The van der Waals surface area contributed by atoms with E-state index in [0.717, 1.165) is 12.8 Å². The zero-order valence-electron chi connectivity index (χ0n) is 8.16. The summed E-state index contributed by atoms with van der Waals surface area (Å²) < 4.78 is 4.70. The SMILES string of the molecule is CCCCOC(=O)N[C@@H](CN)C(=O)O. The number of ether oxygens (including phenoxy) is 1. The first-order valence-corrected chi connectivity index (χ1v) is 4.48. The van der Waals surface area contributed by atoms with Crippen LogP contribution in [-0.4, -0.2) is 36.4 Å². The van der Waals surface area contributed by atoms with Crippen LogP contribution in [0.3, 0.4) is 0 Å². The average molecular weight is 204 g/mol. The van der Waals surface area contributed by atoms with E-state index >= 15 is 0 Å². The third-order valence-corrected chi connectivity index (χ3v) is 1.56. The van der Waals surface area contributed by atoms with Crippen molar-refractivity contribution in [3.63, 3.8) is 0 Å². The molecule has 0 unspecified atom stereocenters. The standard InChI is InChI=1S/C8H16N2O4/c1-2-3-4-14-8(13)10-6(5-9)7(11)12/h6H,2-5,9H2,1H3,(H,10,13)(H,11,12)/t6-/m0/s1. The van der Waals surface area contributed by atoms with Crippen LogP contribution in [0.4, 0.5) is 4.79 Å². The Balaban J connectivity index is 3.74. The molecule has 0 saturated heterocycles. The van der Waals surface area contributed by atoms with Crippen LogP contribution in [-0.2, 0) is 9.53 Å². The van der Waals surface area contributed by atoms with E-state index in [0.29, 0.717) is 6.61 Å². The topological polar surface area (TPSA) is 102 Å². The van der Waals surface area contributed by atoms with Crippen LogP contribution in [0.5, 0.6) is 0 Å². The highest BCUT2D eigenvalue weighted by Gasteiger charge is 2.18. The number of rotatable bonds is 6. The molecule has 0 bridgehead atoms. The van der Waals surface area contributed by atoms with Crippen LogP contribution in [0.1, 0.15) is 19.8 Å². The zero-order chi connectivity index (χ0) is 11.0. The average Bonchev–Trinajstić information content (AvgIpc) is 2.14. The van der Waals surface area contributed by atoms with Crippen LogP contribution in [0.15, 0.2) is 0 Å². The minimum absolute atomic E-state index is 0.155. The van der Waals surface area contributed by atoms with Crippen LogP contribution >= 0.6 is 0 Å². The molecule has 0 fully saturated rings. The van der Waals surface area contributed by atoms with Crippen molar-refractivity contribution < 1.29 is 19.4 Å². The van der Waals surface area contributed by atoms with Gasteiger partial charge in [0.15, 0.2) is 0 Å². The van der Waals surface area contributed by atoms with Gasteiger partial charge in [0.05, 0.1) is 6.61 Å². The van der Waals surface area contributed by atoms with Gasteiger partial charge >= 0.3 is 12.1 Å². The number of carboxylic acid groups (broad SMARTS) is 1. The fourth-order valence-corrected chi connectivity index (χ4v) is 0.715. The Morgan fingerprint density at radius 1 is 1.57 bits per heavy atom. The normalized spacial score (nSPS) is 11.9. The maximum Gasteiger partial charge on any atom is 0.407 e. The van der Waals surface area contributed by atoms with E-state index in [1.807, 2.05) is 6.92 Å². The fraction of sp³-hybridized carbons (Fsp3) is 0.750. The third-order valence-electron chi connectivity index (χ3n) is 1.56. The summed E-state index contributed by atoms with van der Waals surface area (Å²) >= 11 is 0. The van der Waals surface area contributed by atoms with Gasteiger partial charge in [-0.2, -0.15) is 0 Å². The fourth-order valence-electron chi connectivity index (χ4n) is 0.715. The number of unbranched alkanes of at least 4 members (excludes halogenated alkanes) is 1. The van der Waals surface area contributed by atoms with E-state index < -0.39 is 18.1 Å². The molecule has 0 aromatic heterocycles. The van der Waals surface area contributed by atoms with E-state index in [9.17, 15) is 9.59 Å². The summed E-state index contributed by atoms with van der Waals surface area (Å²) in [5.74, 6) is -1.17. The second-order valence-corrected chi connectivity index (χ2v) is 2.76. The summed E-state index contributed by atoms with van der Waals surface area (Å²) in [5.41, 5.74) is 5.13. The van der Waals surface area contributed by atoms with Crippen molar-refractivity contribution in [1.82, 2.24) is 5.32 Å². The number of alkyl carbamates (subject to hydrolysis) is 1. The molecule has 0 aromatic rings. The van der Waals surface area contributed by atoms with Crippen molar-refractivity contribution in [2.45, 2.75) is 25.8 Å². The molecule has 6 heteroatoms. The second kappa shape index (κ2) is 7.14. The van der Waals surface area contributed by atoms with Crippen molar-refractivity contribution in [3.8, 4) is 0 Å². The zero-order valence-corrected chi connectivity index (χ0v) is 8.16. The van der Waals surface area contributed by atoms with Gasteiger partial charge in [-0.15, -0.1) is 0 Å². The molecule has 4 N–H and O–H groups in total. The molecule has 1 amide bonds. The highest BCUT2D eigenvalue weighted by molar-refractivity contribution is 5.80. The van der Waals surface area contributed by atoms with Gasteiger partial charge in [-0.1, -0.05) is 13.3 Å². The number of nitrogens with two attached hydrogens (primary N) is 1. The number of amides is 1. The first kappa shape index (κ1) is 12.7. The maximum atomic E-state index is 10.9. The molecular formula is C8H16N2O4. The Bertz CT molecular complexity index is 196. The van der Waals surface area contributed by atoms with Crippen LogP contribution in [0.25, 0.3) is 0 Å². The molecule has 0 radical (unpaired) electrons. The van der Waals surface area contributed by atoms with Crippen molar-refractivity contribution in [2.75, 3.05) is 13.2 Å². The third kappa shape index (κ3) is 5.36. The summed E-state index contributed by atoms with van der Waals surface area (Å²) in [5, 5.41) is 10.7. The van der Waals surface area contributed by atoms with E-state index in [2.05, 4.69) is 5.32 Å². The Morgan fingerprint density at radius 2 is 2.21 bits per heavy atom. The molecule has 0 aliphatic heterocycles. The molecule has 0 saturated carbocycles. The number of aliphatic carboxylic acids is 1. The summed E-state index contributed by atoms with van der Waals surface area (Å²) in [6, 6.07) is -1.08. The van der Waals surface area contributed by atoms with E-state index in [4.69, 9.17) is 15.6 Å². The Labute approximate surface area is 82.4 Å². The Morgan fingerprint density at radius 3 is 2.64 bits per heavy atom. The molecule has 82 valence electrons. The first-order valence-electron chi connectivity index (χ1n) is 4.48. The minimum Gasteiger partial charge on any atom is -0.480 e. The monoisotopic (exact) mass is 204 g/mol. The number of nitrogens with one attached hydrogen (secondary N) is 1. The van der Waals surface area contributed by atoms with E-state index in [-0.39, 0.29) is 6.54 Å². The van der Waals surface area contributed by atoms with Gasteiger partial charge in [-0.05, 0) is 6.42 Å². The molecular weight excluding hydrogens is 188 g/mol. The lowest BCUT2D eigenvalue weighted by molar-refractivity contribution is -0.139. The molecule has 0 heterocycles. The highest BCUT2D eigenvalue weighted by Crippen LogP contribution is 1.89. The van der Waals surface area contributed by atoms with Crippen molar-refractivity contribution in [3.05, 3.63) is 0 Å². The van der Waals surface area contributed by atoms with Gasteiger partial charge in [-0.25, -0.2) is 9.59 Å². The summed E-state index contributed by atoms with van der Waals surface area (Å²) in [6.45, 7) is 2.10. The molecule has 0 aliphatic rings. The van der Waals surface area contributed by atoms with Gasteiger partial charge in [0.25, 0.3) is 0 Å². The quantitative estimate of drug-likeness (QED) is 0.525. The number of carboxylic acids is 1. The van der Waals surface area contributed by atoms with Gasteiger partial charge in [-0.3, -0.25) is 0 Å². The lowest BCUT2D eigenvalue weighted by Crippen LogP contribution is -2.46.